The second kappa shape index (κ2) is 4.89. The van der Waals surface area contributed by atoms with E-state index in [0.717, 1.165) is 18.4 Å². The van der Waals surface area contributed by atoms with Crippen molar-refractivity contribution in [1.82, 2.24) is 5.32 Å². The highest BCUT2D eigenvalue weighted by Crippen LogP contribution is 2.51. The molecule has 1 saturated heterocycles. The third-order valence-corrected chi connectivity index (χ3v) is 5.27. The first kappa shape index (κ1) is 13.4. The van der Waals surface area contributed by atoms with Gasteiger partial charge in [0.1, 0.15) is 0 Å². The molecule has 1 saturated carbocycles. The normalized spacial score (nSPS) is 39.0. The largest absolute Gasteiger partial charge is 0.377 e. The average molecular weight is 239 g/mol. The molecule has 5 unspecified atom stereocenters. The van der Waals surface area contributed by atoms with Crippen molar-refractivity contribution >= 4 is 0 Å². The summed E-state index contributed by atoms with van der Waals surface area (Å²) in [6, 6.07) is 1.27. The van der Waals surface area contributed by atoms with E-state index in [1.807, 2.05) is 0 Å². The van der Waals surface area contributed by atoms with Crippen LogP contribution in [0.3, 0.4) is 0 Å². The molecule has 0 aromatic carbocycles. The van der Waals surface area contributed by atoms with Crippen LogP contribution in [0.15, 0.2) is 0 Å². The Morgan fingerprint density at radius 3 is 2.71 bits per heavy atom. The van der Waals surface area contributed by atoms with Gasteiger partial charge in [-0.15, -0.1) is 0 Å². The summed E-state index contributed by atoms with van der Waals surface area (Å²) in [7, 11) is 0. The standard InChI is InChI=1S/C15H29NO/c1-6-10(2)11(3)16-13-12-8-7-9-17-14(12)15(13,4)5/h10-14,16H,6-9H2,1-5H3. The van der Waals surface area contributed by atoms with Gasteiger partial charge in [0.2, 0.25) is 0 Å². The molecule has 0 spiro atoms. The van der Waals surface area contributed by atoms with Crippen LogP contribution in [0.4, 0.5) is 0 Å². The first-order valence-electron chi connectivity index (χ1n) is 7.36. The molecule has 2 rings (SSSR count). The lowest BCUT2D eigenvalue weighted by atomic mass is 9.55. The Kier molecular flexibility index (Phi) is 3.84. The molecule has 1 aliphatic carbocycles. The summed E-state index contributed by atoms with van der Waals surface area (Å²) in [6.45, 7) is 12.7. The van der Waals surface area contributed by atoms with Gasteiger partial charge in [0.05, 0.1) is 6.10 Å². The Morgan fingerprint density at radius 1 is 1.35 bits per heavy atom. The second-order valence-corrected chi connectivity index (χ2v) is 6.74. The number of hydrogen-bond donors (Lipinski definition) is 1. The fraction of sp³-hybridized carbons (Fsp3) is 1.00. The van der Waals surface area contributed by atoms with Crippen molar-refractivity contribution in [2.75, 3.05) is 6.61 Å². The number of nitrogens with one attached hydrogen (secondary N) is 1. The van der Waals surface area contributed by atoms with E-state index in [2.05, 4.69) is 39.9 Å². The zero-order chi connectivity index (χ0) is 12.6. The third-order valence-electron chi connectivity index (χ3n) is 5.27. The maximum Gasteiger partial charge on any atom is 0.0684 e. The van der Waals surface area contributed by atoms with E-state index in [4.69, 9.17) is 4.74 Å². The van der Waals surface area contributed by atoms with Gasteiger partial charge in [-0.05, 0) is 25.7 Å². The Morgan fingerprint density at radius 2 is 2.06 bits per heavy atom. The predicted octanol–water partition coefficient (Wildman–Crippen LogP) is 3.21. The maximum absolute atomic E-state index is 5.95. The van der Waals surface area contributed by atoms with Crippen LogP contribution in [-0.2, 0) is 4.74 Å². The van der Waals surface area contributed by atoms with Crippen LogP contribution in [0.25, 0.3) is 0 Å². The van der Waals surface area contributed by atoms with Crippen LogP contribution in [0, 0.1) is 17.3 Å². The Hall–Kier alpha value is -0.0800. The molecular formula is C15H29NO. The van der Waals surface area contributed by atoms with Crippen molar-refractivity contribution in [2.24, 2.45) is 17.3 Å². The second-order valence-electron chi connectivity index (χ2n) is 6.74. The number of fused-ring (bicyclic) bond motifs is 1. The molecule has 0 radical (unpaired) electrons. The maximum atomic E-state index is 5.95. The lowest BCUT2D eigenvalue weighted by Crippen LogP contribution is -2.70. The SMILES string of the molecule is CCC(C)C(C)NC1C2CCCOC2C1(C)C. The highest BCUT2D eigenvalue weighted by Gasteiger charge is 2.57. The topological polar surface area (TPSA) is 21.3 Å². The van der Waals surface area contributed by atoms with E-state index in [-0.39, 0.29) is 0 Å². The average Bonchev–Trinajstić information content (AvgIpc) is 2.34. The summed E-state index contributed by atoms with van der Waals surface area (Å²) in [5.41, 5.74) is 0.312. The van der Waals surface area contributed by atoms with Gasteiger partial charge < -0.3 is 10.1 Å². The molecule has 2 aliphatic rings. The van der Waals surface area contributed by atoms with Crippen molar-refractivity contribution < 1.29 is 4.74 Å². The highest BCUT2D eigenvalue weighted by molar-refractivity contribution is 5.10. The van der Waals surface area contributed by atoms with E-state index in [0.29, 0.717) is 23.6 Å². The first-order valence-corrected chi connectivity index (χ1v) is 7.36. The van der Waals surface area contributed by atoms with Crippen molar-refractivity contribution in [2.45, 2.75) is 72.1 Å². The van der Waals surface area contributed by atoms with Crippen LogP contribution in [0.5, 0.6) is 0 Å². The van der Waals surface area contributed by atoms with Gasteiger partial charge >= 0.3 is 0 Å². The minimum atomic E-state index is 0.312. The summed E-state index contributed by atoms with van der Waals surface area (Å²) in [5, 5.41) is 3.88. The van der Waals surface area contributed by atoms with Gasteiger partial charge in [-0.1, -0.05) is 34.1 Å². The molecule has 2 fully saturated rings. The van der Waals surface area contributed by atoms with Gasteiger partial charge in [-0.2, -0.15) is 0 Å². The fourth-order valence-corrected chi connectivity index (χ4v) is 3.66. The smallest absolute Gasteiger partial charge is 0.0684 e. The summed E-state index contributed by atoms with van der Waals surface area (Å²) in [6.07, 6.45) is 4.34. The molecule has 0 amide bonds. The first-order chi connectivity index (χ1) is 7.98. The van der Waals surface area contributed by atoms with Gasteiger partial charge in [-0.25, -0.2) is 0 Å². The van der Waals surface area contributed by atoms with Crippen LogP contribution >= 0.6 is 0 Å². The third kappa shape index (κ3) is 2.26. The van der Waals surface area contributed by atoms with Gasteiger partial charge in [0.25, 0.3) is 0 Å². The van der Waals surface area contributed by atoms with Crippen LogP contribution < -0.4 is 5.32 Å². The molecule has 1 N–H and O–H groups in total. The van der Waals surface area contributed by atoms with E-state index in [9.17, 15) is 0 Å². The Labute approximate surface area is 107 Å². The Bertz CT molecular complexity index is 264. The number of ether oxygens (including phenoxy) is 1. The summed E-state index contributed by atoms with van der Waals surface area (Å²) in [4.78, 5) is 0. The molecule has 0 aromatic rings. The lowest BCUT2D eigenvalue weighted by molar-refractivity contribution is -0.195. The van der Waals surface area contributed by atoms with E-state index in [1.54, 1.807) is 0 Å². The predicted molar refractivity (Wildman–Crippen MR) is 72.1 cm³/mol. The monoisotopic (exact) mass is 239 g/mol. The Balaban J connectivity index is 1.96. The van der Waals surface area contributed by atoms with E-state index >= 15 is 0 Å². The summed E-state index contributed by atoms with van der Waals surface area (Å²) < 4.78 is 5.95. The molecule has 2 heteroatoms. The molecule has 1 aliphatic heterocycles. The number of rotatable bonds is 4. The van der Waals surface area contributed by atoms with Crippen molar-refractivity contribution in [1.29, 1.82) is 0 Å². The van der Waals surface area contributed by atoms with E-state index in [1.165, 1.54) is 19.3 Å². The zero-order valence-electron chi connectivity index (χ0n) is 12.1. The molecule has 1 heterocycles. The quantitative estimate of drug-likeness (QED) is 0.813. The zero-order valence-corrected chi connectivity index (χ0v) is 12.1. The van der Waals surface area contributed by atoms with E-state index < -0.39 is 0 Å². The van der Waals surface area contributed by atoms with Gasteiger partial charge in [0.15, 0.2) is 0 Å². The molecule has 2 nitrogen and oxygen atoms in total. The molecule has 0 aromatic heterocycles. The molecule has 5 atom stereocenters. The van der Waals surface area contributed by atoms with Crippen molar-refractivity contribution in [3.63, 3.8) is 0 Å². The molecular weight excluding hydrogens is 210 g/mol. The van der Waals surface area contributed by atoms with Gasteiger partial charge in [-0.3, -0.25) is 0 Å². The fourth-order valence-electron chi connectivity index (χ4n) is 3.66. The van der Waals surface area contributed by atoms with Crippen LogP contribution in [-0.4, -0.2) is 24.8 Å². The summed E-state index contributed by atoms with van der Waals surface area (Å²) in [5.74, 6) is 1.51. The van der Waals surface area contributed by atoms with Gasteiger partial charge in [0, 0.05) is 30.0 Å². The lowest BCUT2D eigenvalue weighted by Gasteiger charge is -2.61. The highest BCUT2D eigenvalue weighted by atomic mass is 16.5. The minimum Gasteiger partial charge on any atom is -0.377 e. The van der Waals surface area contributed by atoms with Crippen LogP contribution in [0.2, 0.25) is 0 Å². The van der Waals surface area contributed by atoms with Crippen molar-refractivity contribution in [3.05, 3.63) is 0 Å². The number of hydrogen-bond acceptors (Lipinski definition) is 2. The summed E-state index contributed by atoms with van der Waals surface area (Å²) >= 11 is 0. The molecule has 0 bridgehead atoms. The minimum absolute atomic E-state index is 0.312. The van der Waals surface area contributed by atoms with Crippen LogP contribution in [0.1, 0.15) is 53.9 Å². The molecule has 17 heavy (non-hydrogen) atoms. The molecule has 100 valence electrons. The van der Waals surface area contributed by atoms with Crippen molar-refractivity contribution in [3.8, 4) is 0 Å².